The van der Waals surface area contributed by atoms with Crippen LogP contribution in [-0.4, -0.2) is 37.1 Å². The van der Waals surface area contributed by atoms with E-state index in [-0.39, 0.29) is 5.54 Å². The van der Waals surface area contributed by atoms with Gasteiger partial charge in [0.15, 0.2) is 0 Å². The van der Waals surface area contributed by atoms with Gasteiger partial charge in [0.05, 0.1) is 0 Å². The Kier molecular flexibility index (Phi) is 5.49. The highest BCUT2D eigenvalue weighted by Gasteiger charge is 2.42. The maximum atomic E-state index is 5.55. The van der Waals surface area contributed by atoms with Crippen LogP contribution in [0.15, 0.2) is 0 Å². The summed E-state index contributed by atoms with van der Waals surface area (Å²) in [6.07, 6.45) is 11.6. The van der Waals surface area contributed by atoms with Crippen molar-refractivity contribution in [3.05, 3.63) is 0 Å². The summed E-state index contributed by atoms with van der Waals surface area (Å²) in [4.78, 5) is 2.41. The third-order valence-corrected chi connectivity index (χ3v) is 4.32. The highest BCUT2D eigenvalue weighted by Crippen LogP contribution is 2.39. The third-order valence-electron chi connectivity index (χ3n) is 4.32. The van der Waals surface area contributed by atoms with E-state index in [9.17, 15) is 0 Å². The summed E-state index contributed by atoms with van der Waals surface area (Å²) >= 11 is 0. The van der Waals surface area contributed by atoms with Crippen molar-refractivity contribution in [2.24, 2.45) is 5.92 Å². The van der Waals surface area contributed by atoms with Crippen LogP contribution >= 0.6 is 0 Å². The number of nitrogens with one attached hydrogen (secondary N) is 1. The molecule has 0 amide bonds. The van der Waals surface area contributed by atoms with Gasteiger partial charge in [-0.25, -0.2) is 0 Å². The Morgan fingerprint density at radius 1 is 1.53 bits per heavy atom. The highest BCUT2D eigenvalue weighted by atomic mass is 15.2. The largest absolute Gasteiger partial charge is 0.312 e. The zero-order valence-corrected chi connectivity index (χ0v) is 11.9. The normalized spacial score (nSPS) is 31.2. The van der Waals surface area contributed by atoms with Crippen LogP contribution in [0.5, 0.6) is 0 Å². The van der Waals surface area contributed by atoms with E-state index in [1.165, 1.54) is 25.7 Å². The fourth-order valence-corrected chi connectivity index (χ4v) is 3.41. The molecule has 2 heteroatoms. The highest BCUT2D eigenvalue weighted by molar-refractivity contribution is 5.06. The second-order valence-electron chi connectivity index (χ2n) is 5.72. The van der Waals surface area contributed by atoms with Gasteiger partial charge in [0.25, 0.3) is 0 Å². The Hall–Kier alpha value is -0.520. The van der Waals surface area contributed by atoms with Gasteiger partial charge in [-0.05, 0) is 39.4 Å². The number of hydrogen-bond acceptors (Lipinski definition) is 2. The van der Waals surface area contributed by atoms with Crippen LogP contribution in [0.4, 0.5) is 0 Å². The van der Waals surface area contributed by atoms with E-state index in [1.807, 2.05) is 0 Å². The molecule has 0 radical (unpaired) electrons. The van der Waals surface area contributed by atoms with E-state index in [4.69, 9.17) is 6.42 Å². The first-order valence-corrected chi connectivity index (χ1v) is 6.91. The van der Waals surface area contributed by atoms with Crippen molar-refractivity contribution in [3.8, 4) is 12.3 Å². The molecule has 2 nitrogen and oxygen atoms in total. The Morgan fingerprint density at radius 3 is 2.71 bits per heavy atom. The quantitative estimate of drug-likeness (QED) is 0.738. The molecule has 0 heterocycles. The van der Waals surface area contributed by atoms with Crippen LogP contribution in [0.25, 0.3) is 0 Å². The van der Waals surface area contributed by atoms with E-state index < -0.39 is 0 Å². The minimum absolute atomic E-state index is 0.250. The van der Waals surface area contributed by atoms with Crippen LogP contribution in [-0.2, 0) is 0 Å². The maximum absolute atomic E-state index is 5.55. The molecule has 3 unspecified atom stereocenters. The topological polar surface area (TPSA) is 15.3 Å². The lowest BCUT2D eigenvalue weighted by Gasteiger charge is -2.50. The fourth-order valence-electron chi connectivity index (χ4n) is 3.41. The first kappa shape index (κ1) is 14.5. The first-order valence-electron chi connectivity index (χ1n) is 6.91. The lowest BCUT2D eigenvalue weighted by atomic mass is 9.70. The van der Waals surface area contributed by atoms with Gasteiger partial charge < -0.3 is 10.2 Å². The molecule has 0 aromatic rings. The predicted octanol–water partition coefficient (Wildman–Crippen LogP) is 2.50. The van der Waals surface area contributed by atoms with Gasteiger partial charge in [-0.15, -0.1) is 12.3 Å². The molecule has 98 valence electrons. The smallest absolute Gasteiger partial charge is 0.0368 e. The van der Waals surface area contributed by atoms with E-state index in [0.29, 0.717) is 6.04 Å². The molecule has 0 bridgehead atoms. The van der Waals surface area contributed by atoms with Gasteiger partial charge in [0.1, 0.15) is 0 Å². The molecule has 1 N–H and O–H groups in total. The van der Waals surface area contributed by atoms with Gasteiger partial charge in [-0.1, -0.05) is 26.7 Å². The van der Waals surface area contributed by atoms with E-state index in [0.717, 1.165) is 18.9 Å². The van der Waals surface area contributed by atoms with Crippen molar-refractivity contribution in [3.63, 3.8) is 0 Å². The van der Waals surface area contributed by atoms with Crippen LogP contribution in [0, 0.1) is 18.3 Å². The lowest BCUT2D eigenvalue weighted by molar-refractivity contribution is 0.0394. The standard InChI is InChI=1S/C15H28N2/c1-6-9-14(16-7-2)15(17(4)5)11-8-10-13(3)12-15/h1,13-14,16H,7-12H2,2-5H3. The average Bonchev–Trinajstić information content (AvgIpc) is 2.28. The zero-order valence-electron chi connectivity index (χ0n) is 11.9. The number of nitrogens with zero attached hydrogens (tertiary/aromatic N) is 1. The van der Waals surface area contributed by atoms with Gasteiger partial charge in [-0.2, -0.15) is 0 Å². The molecule has 17 heavy (non-hydrogen) atoms. The number of hydrogen-bond donors (Lipinski definition) is 1. The molecule has 1 fully saturated rings. The summed E-state index contributed by atoms with van der Waals surface area (Å²) < 4.78 is 0. The molecule has 1 aliphatic carbocycles. The second kappa shape index (κ2) is 6.42. The molecule has 0 aromatic heterocycles. The van der Waals surface area contributed by atoms with Gasteiger partial charge in [-0.3, -0.25) is 0 Å². The van der Waals surface area contributed by atoms with Crippen molar-refractivity contribution in [1.82, 2.24) is 10.2 Å². The van der Waals surface area contributed by atoms with Crippen LogP contribution in [0.2, 0.25) is 0 Å². The molecular weight excluding hydrogens is 208 g/mol. The molecule has 0 aromatic carbocycles. The van der Waals surface area contributed by atoms with Gasteiger partial charge in [0, 0.05) is 18.0 Å². The number of terminal acetylenes is 1. The summed E-state index contributed by atoms with van der Waals surface area (Å²) in [5, 5.41) is 3.61. The fraction of sp³-hybridized carbons (Fsp3) is 0.867. The minimum atomic E-state index is 0.250. The monoisotopic (exact) mass is 236 g/mol. The Bertz CT molecular complexity index is 267. The van der Waals surface area contributed by atoms with Gasteiger partial charge in [0.2, 0.25) is 0 Å². The molecule has 0 saturated heterocycles. The van der Waals surface area contributed by atoms with Crippen molar-refractivity contribution in [2.75, 3.05) is 20.6 Å². The van der Waals surface area contributed by atoms with Crippen molar-refractivity contribution >= 4 is 0 Å². The number of rotatable bonds is 5. The summed E-state index contributed by atoms with van der Waals surface area (Å²) in [6.45, 7) is 5.53. The average molecular weight is 236 g/mol. The van der Waals surface area contributed by atoms with E-state index in [1.54, 1.807) is 0 Å². The maximum Gasteiger partial charge on any atom is 0.0368 e. The third kappa shape index (κ3) is 3.24. The molecule has 1 saturated carbocycles. The van der Waals surface area contributed by atoms with Crippen LogP contribution < -0.4 is 5.32 Å². The predicted molar refractivity (Wildman–Crippen MR) is 75.0 cm³/mol. The van der Waals surface area contributed by atoms with Crippen molar-refractivity contribution in [1.29, 1.82) is 0 Å². The Morgan fingerprint density at radius 2 is 2.24 bits per heavy atom. The lowest BCUT2D eigenvalue weighted by Crippen LogP contribution is -2.60. The van der Waals surface area contributed by atoms with Crippen molar-refractivity contribution in [2.45, 2.75) is 57.5 Å². The van der Waals surface area contributed by atoms with Crippen LogP contribution in [0.1, 0.15) is 46.0 Å². The zero-order chi connectivity index (χ0) is 12.9. The summed E-state index contributed by atoms with van der Waals surface area (Å²) in [6, 6.07) is 0.426. The second-order valence-corrected chi connectivity index (χ2v) is 5.72. The number of likely N-dealkylation sites (N-methyl/N-ethyl adjacent to an activating group) is 2. The van der Waals surface area contributed by atoms with E-state index in [2.05, 4.69) is 44.1 Å². The Labute approximate surface area is 107 Å². The van der Waals surface area contributed by atoms with E-state index >= 15 is 0 Å². The summed E-state index contributed by atoms with van der Waals surface area (Å²) in [5.74, 6) is 3.67. The Balaban J connectivity index is 2.91. The molecule has 3 atom stereocenters. The van der Waals surface area contributed by atoms with Gasteiger partial charge >= 0.3 is 0 Å². The molecule has 1 rings (SSSR count). The van der Waals surface area contributed by atoms with Crippen LogP contribution in [0.3, 0.4) is 0 Å². The molecule has 1 aliphatic rings. The first-order chi connectivity index (χ1) is 8.06. The van der Waals surface area contributed by atoms with Crippen molar-refractivity contribution < 1.29 is 0 Å². The molecule has 0 aliphatic heterocycles. The minimum Gasteiger partial charge on any atom is -0.312 e. The summed E-state index contributed by atoms with van der Waals surface area (Å²) in [5.41, 5.74) is 0.250. The molecule has 0 spiro atoms. The summed E-state index contributed by atoms with van der Waals surface area (Å²) in [7, 11) is 4.41. The molecular formula is C15H28N2. The SMILES string of the molecule is C#CCC(NCC)C1(N(C)C)CCCC(C)C1.